The van der Waals surface area contributed by atoms with Crippen LogP contribution in [0.1, 0.15) is 51.0 Å². The Morgan fingerprint density at radius 3 is 2.38 bits per heavy atom. The third-order valence-electron chi connectivity index (χ3n) is 2.83. The van der Waals surface area contributed by atoms with E-state index in [1.165, 1.54) is 50.5 Å². The number of unbranched alkanes of at least 4 members (excludes halogenated alkanes) is 4. The molecule has 16 heavy (non-hydrogen) atoms. The number of allylic oxidation sites excluding steroid dienone is 2. The molecule has 88 valence electrons. The van der Waals surface area contributed by atoms with Crippen molar-refractivity contribution in [1.29, 1.82) is 0 Å². The van der Waals surface area contributed by atoms with E-state index in [0.717, 1.165) is 0 Å². The first-order valence-electron chi connectivity index (χ1n) is 6.62. The van der Waals surface area contributed by atoms with Gasteiger partial charge in [0.05, 0.1) is 0 Å². The first kappa shape index (κ1) is 13.0. The number of hydrogen-bond acceptors (Lipinski definition) is 0. The average Bonchev–Trinajstić information content (AvgIpc) is 2.34. The van der Waals surface area contributed by atoms with Gasteiger partial charge in [-0.05, 0) is 31.2 Å². The van der Waals surface area contributed by atoms with Crippen molar-refractivity contribution >= 4 is 0 Å². The van der Waals surface area contributed by atoms with Crippen molar-refractivity contribution in [2.24, 2.45) is 0 Å². The molecule has 0 saturated carbocycles. The molecular weight excluding hydrogens is 192 g/mol. The van der Waals surface area contributed by atoms with E-state index in [4.69, 9.17) is 0 Å². The Labute approximate surface area is 100 Å². The van der Waals surface area contributed by atoms with Crippen molar-refractivity contribution in [3.8, 4) is 0 Å². The Balaban J connectivity index is 2.00. The fourth-order valence-corrected chi connectivity index (χ4v) is 1.82. The SMILES string of the molecule is CCCCCC/C=C\CCc1ccccc1. The van der Waals surface area contributed by atoms with E-state index in [-0.39, 0.29) is 0 Å². The van der Waals surface area contributed by atoms with Crippen LogP contribution in [0.5, 0.6) is 0 Å². The molecule has 0 aromatic heterocycles. The molecule has 0 radical (unpaired) electrons. The van der Waals surface area contributed by atoms with E-state index in [1.54, 1.807) is 0 Å². The lowest BCUT2D eigenvalue weighted by Crippen LogP contribution is -1.81. The fourth-order valence-electron chi connectivity index (χ4n) is 1.82. The zero-order valence-corrected chi connectivity index (χ0v) is 10.5. The maximum atomic E-state index is 2.35. The Morgan fingerprint density at radius 2 is 1.62 bits per heavy atom. The summed E-state index contributed by atoms with van der Waals surface area (Å²) in [5.74, 6) is 0. The van der Waals surface area contributed by atoms with Gasteiger partial charge in [0.15, 0.2) is 0 Å². The summed E-state index contributed by atoms with van der Waals surface area (Å²) in [6.45, 7) is 2.26. The third kappa shape index (κ3) is 6.44. The molecule has 1 aromatic rings. The first-order chi connectivity index (χ1) is 7.93. The molecule has 0 aliphatic heterocycles. The van der Waals surface area contributed by atoms with Gasteiger partial charge >= 0.3 is 0 Å². The molecular formula is C16H24. The van der Waals surface area contributed by atoms with Crippen LogP contribution in [0.2, 0.25) is 0 Å². The fraction of sp³-hybridized carbons (Fsp3) is 0.500. The summed E-state index contributed by atoms with van der Waals surface area (Å²) in [7, 11) is 0. The minimum absolute atomic E-state index is 1.17. The second-order valence-corrected chi connectivity index (χ2v) is 4.35. The summed E-state index contributed by atoms with van der Waals surface area (Å²) in [5.41, 5.74) is 1.44. The van der Waals surface area contributed by atoms with E-state index in [0.29, 0.717) is 0 Å². The van der Waals surface area contributed by atoms with Gasteiger partial charge in [-0.25, -0.2) is 0 Å². The van der Waals surface area contributed by atoms with Crippen LogP contribution in [0.4, 0.5) is 0 Å². The molecule has 1 aromatic carbocycles. The molecule has 0 nitrogen and oxygen atoms in total. The Kier molecular flexibility index (Phi) is 7.49. The van der Waals surface area contributed by atoms with Crippen LogP contribution >= 0.6 is 0 Å². The molecule has 0 unspecified atom stereocenters. The zero-order chi connectivity index (χ0) is 11.5. The summed E-state index contributed by atoms with van der Waals surface area (Å²) in [4.78, 5) is 0. The van der Waals surface area contributed by atoms with Crippen LogP contribution in [-0.2, 0) is 6.42 Å². The molecule has 0 fully saturated rings. The van der Waals surface area contributed by atoms with Crippen molar-refractivity contribution < 1.29 is 0 Å². The normalized spacial score (nSPS) is 11.1. The number of benzene rings is 1. The van der Waals surface area contributed by atoms with Gasteiger partial charge in [0.1, 0.15) is 0 Å². The van der Waals surface area contributed by atoms with Gasteiger partial charge in [-0.1, -0.05) is 68.7 Å². The molecule has 0 N–H and O–H groups in total. The molecule has 0 heterocycles. The number of rotatable bonds is 8. The quantitative estimate of drug-likeness (QED) is 0.416. The van der Waals surface area contributed by atoms with Crippen LogP contribution in [0, 0.1) is 0 Å². The van der Waals surface area contributed by atoms with Crippen LogP contribution in [-0.4, -0.2) is 0 Å². The number of hydrogen-bond donors (Lipinski definition) is 0. The predicted molar refractivity (Wildman–Crippen MR) is 72.7 cm³/mol. The summed E-state index contributed by atoms with van der Waals surface area (Å²) < 4.78 is 0. The zero-order valence-electron chi connectivity index (χ0n) is 10.5. The maximum absolute atomic E-state index is 2.35. The van der Waals surface area contributed by atoms with Crippen molar-refractivity contribution in [1.82, 2.24) is 0 Å². The summed E-state index contributed by atoms with van der Waals surface area (Å²) >= 11 is 0. The summed E-state index contributed by atoms with van der Waals surface area (Å²) in [6.07, 6.45) is 13.8. The van der Waals surface area contributed by atoms with Gasteiger partial charge in [0.25, 0.3) is 0 Å². The summed E-state index contributed by atoms with van der Waals surface area (Å²) in [6, 6.07) is 10.7. The van der Waals surface area contributed by atoms with Crippen molar-refractivity contribution in [2.75, 3.05) is 0 Å². The summed E-state index contributed by atoms with van der Waals surface area (Å²) in [5, 5.41) is 0. The first-order valence-corrected chi connectivity index (χ1v) is 6.62. The Hall–Kier alpha value is -1.04. The number of aryl methyl sites for hydroxylation is 1. The van der Waals surface area contributed by atoms with E-state index >= 15 is 0 Å². The monoisotopic (exact) mass is 216 g/mol. The largest absolute Gasteiger partial charge is 0.0885 e. The van der Waals surface area contributed by atoms with Gasteiger partial charge in [-0.3, -0.25) is 0 Å². The molecule has 0 spiro atoms. The molecule has 0 heteroatoms. The molecule has 0 atom stereocenters. The van der Waals surface area contributed by atoms with Crippen molar-refractivity contribution in [3.63, 3.8) is 0 Å². The topological polar surface area (TPSA) is 0 Å². The van der Waals surface area contributed by atoms with E-state index in [1.807, 2.05) is 0 Å². The minimum Gasteiger partial charge on any atom is -0.0885 e. The van der Waals surface area contributed by atoms with Crippen LogP contribution in [0.3, 0.4) is 0 Å². The lowest BCUT2D eigenvalue weighted by Gasteiger charge is -1.97. The Morgan fingerprint density at radius 1 is 0.875 bits per heavy atom. The van der Waals surface area contributed by atoms with Crippen molar-refractivity contribution in [3.05, 3.63) is 48.0 Å². The molecule has 0 bridgehead atoms. The third-order valence-corrected chi connectivity index (χ3v) is 2.83. The van der Waals surface area contributed by atoms with Gasteiger partial charge < -0.3 is 0 Å². The smallest absolute Gasteiger partial charge is 0.0244 e. The second-order valence-electron chi connectivity index (χ2n) is 4.35. The molecule has 0 amide bonds. The maximum Gasteiger partial charge on any atom is -0.0244 e. The van der Waals surface area contributed by atoms with Crippen LogP contribution < -0.4 is 0 Å². The highest BCUT2D eigenvalue weighted by atomic mass is 13.9. The highest BCUT2D eigenvalue weighted by molar-refractivity contribution is 5.15. The van der Waals surface area contributed by atoms with Crippen LogP contribution in [0.15, 0.2) is 42.5 Å². The highest BCUT2D eigenvalue weighted by Crippen LogP contribution is 2.05. The van der Waals surface area contributed by atoms with E-state index in [9.17, 15) is 0 Å². The van der Waals surface area contributed by atoms with Gasteiger partial charge in [-0.15, -0.1) is 0 Å². The molecule has 0 aliphatic rings. The second kappa shape index (κ2) is 9.21. The Bertz CT molecular complexity index is 271. The van der Waals surface area contributed by atoms with Gasteiger partial charge in [0, 0.05) is 0 Å². The standard InChI is InChI=1S/C16H24/c1-2-3-4-5-6-7-8-10-13-16-14-11-9-12-15-16/h7-9,11-12,14-15H,2-6,10,13H2,1H3/b8-7-. The molecule has 1 rings (SSSR count). The molecule has 0 saturated heterocycles. The van der Waals surface area contributed by atoms with Crippen molar-refractivity contribution in [2.45, 2.75) is 51.9 Å². The lowest BCUT2D eigenvalue weighted by atomic mass is 10.1. The van der Waals surface area contributed by atoms with E-state index in [2.05, 4.69) is 49.4 Å². The van der Waals surface area contributed by atoms with Gasteiger partial charge in [-0.2, -0.15) is 0 Å². The lowest BCUT2D eigenvalue weighted by molar-refractivity contribution is 0.674. The molecule has 0 aliphatic carbocycles. The minimum atomic E-state index is 1.17. The van der Waals surface area contributed by atoms with Crippen LogP contribution in [0.25, 0.3) is 0 Å². The van der Waals surface area contributed by atoms with Gasteiger partial charge in [0.2, 0.25) is 0 Å². The predicted octanol–water partition coefficient (Wildman–Crippen LogP) is 5.15. The highest BCUT2D eigenvalue weighted by Gasteiger charge is 1.88. The van der Waals surface area contributed by atoms with E-state index < -0.39 is 0 Å². The average molecular weight is 216 g/mol.